The van der Waals surface area contributed by atoms with Crippen LogP contribution < -0.4 is 11.1 Å². The minimum absolute atomic E-state index is 0.261. The Hall–Kier alpha value is -0.120. The highest BCUT2D eigenvalue weighted by Gasteiger charge is 2.31. The second-order valence-corrected chi connectivity index (χ2v) is 2.56. The van der Waals surface area contributed by atoms with Gasteiger partial charge in [-0.25, -0.2) is 0 Å². The Morgan fingerprint density at radius 3 is 2.25 bits per heavy atom. The largest absolute Gasteiger partial charge is 0.315 e. The summed E-state index contributed by atoms with van der Waals surface area (Å²) in [6.07, 6.45) is 0.261. The average molecular weight is 115 g/mol. The van der Waals surface area contributed by atoms with Crippen molar-refractivity contribution in [2.24, 2.45) is 5.73 Å². The lowest BCUT2D eigenvalue weighted by molar-refractivity contribution is 0.407. The van der Waals surface area contributed by atoms with Gasteiger partial charge in [-0.2, -0.15) is 0 Å². The molecule has 0 aliphatic carbocycles. The molecule has 1 aliphatic rings. The van der Waals surface area contributed by atoms with Gasteiger partial charge in [-0.15, -0.1) is 0 Å². The molecule has 0 saturated carbocycles. The molecule has 3 N–H and O–H groups in total. The normalized spacial score (nSPS) is 36.0. The summed E-state index contributed by atoms with van der Waals surface area (Å²) in [7, 11) is 4.10. The summed E-state index contributed by atoms with van der Waals surface area (Å²) in [4.78, 5) is 2.13. The minimum Gasteiger partial charge on any atom is -0.315 e. The third-order valence-corrected chi connectivity index (χ3v) is 1.29. The highest BCUT2D eigenvalue weighted by molar-refractivity contribution is 4.94. The number of nitrogens with two attached hydrogens (primary N) is 1. The fourth-order valence-electron chi connectivity index (χ4n) is 0.751. The van der Waals surface area contributed by atoms with Crippen molar-refractivity contribution in [2.75, 3.05) is 20.6 Å². The van der Waals surface area contributed by atoms with Gasteiger partial charge in [-0.1, -0.05) is 0 Å². The number of hydrogen-bond acceptors (Lipinski definition) is 3. The molecule has 48 valence electrons. The monoisotopic (exact) mass is 115 g/mol. The minimum atomic E-state index is 0.261. The standard InChI is InChI=1S/C5H13N3/c1-8(2)3-4-5(6)7-4/h4-5,7H,3,6H2,1-2H3. The van der Waals surface area contributed by atoms with E-state index < -0.39 is 0 Å². The van der Waals surface area contributed by atoms with Crippen LogP contribution in [0.2, 0.25) is 0 Å². The smallest absolute Gasteiger partial charge is 0.0721 e. The van der Waals surface area contributed by atoms with Crippen molar-refractivity contribution in [1.82, 2.24) is 10.2 Å². The van der Waals surface area contributed by atoms with E-state index in [1.54, 1.807) is 0 Å². The molecule has 1 fully saturated rings. The first-order valence-corrected chi connectivity index (χ1v) is 2.86. The SMILES string of the molecule is CN(C)CC1NC1N. The van der Waals surface area contributed by atoms with E-state index in [9.17, 15) is 0 Å². The number of likely N-dealkylation sites (N-methyl/N-ethyl adjacent to an activating group) is 1. The zero-order chi connectivity index (χ0) is 6.15. The second-order valence-electron chi connectivity index (χ2n) is 2.56. The summed E-state index contributed by atoms with van der Waals surface area (Å²) in [6, 6.07) is 0.546. The lowest BCUT2D eigenvalue weighted by atomic mass is 10.4. The summed E-state index contributed by atoms with van der Waals surface area (Å²) in [5.41, 5.74) is 5.48. The third-order valence-electron chi connectivity index (χ3n) is 1.29. The molecule has 0 amide bonds. The molecule has 0 radical (unpaired) electrons. The van der Waals surface area contributed by atoms with Crippen molar-refractivity contribution in [3.63, 3.8) is 0 Å². The van der Waals surface area contributed by atoms with Crippen LogP contribution in [-0.4, -0.2) is 37.7 Å². The van der Waals surface area contributed by atoms with Crippen LogP contribution in [0, 0.1) is 0 Å². The van der Waals surface area contributed by atoms with Gasteiger partial charge < -0.3 is 10.6 Å². The van der Waals surface area contributed by atoms with Crippen LogP contribution in [-0.2, 0) is 0 Å². The molecule has 1 aliphatic heterocycles. The Balaban J connectivity index is 2.05. The van der Waals surface area contributed by atoms with E-state index in [1.807, 2.05) is 14.1 Å². The third kappa shape index (κ3) is 1.43. The van der Waals surface area contributed by atoms with Crippen LogP contribution in [0.4, 0.5) is 0 Å². The zero-order valence-corrected chi connectivity index (χ0v) is 5.39. The van der Waals surface area contributed by atoms with E-state index in [0.29, 0.717) is 6.04 Å². The van der Waals surface area contributed by atoms with Gasteiger partial charge in [0.05, 0.1) is 6.17 Å². The molecule has 0 aromatic heterocycles. The van der Waals surface area contributed by atoms with Gasteiger partial charge >= 0.3 is 0 Å². The van der Waals surface area contributed by atoms with Crippen LogP contribution in [0.5, 0.6) is 0 Å². The Morgan fingerprint density at radius 2 is 2.12 bits per heavy atom. The molecule has 1 rings (SSSR count). The lowest BCUT2D eigenvalue weighted by Gasteiger charge is -2.05. The quantitative estimate of drug-likeness (QED) is 0.445. The maximum Gasteiger partial charge on any atom is 0.0721 e. The lowest BCUT2D eigenvalue weighted by Crippen LogP contribution is -2.21. The molecule has 8 heavy (non-hydrogen) atoms. The van der Waals surface area contributed by atoms with Crippen LogP contribution in [0.3, 0.4) is 0 Å². The van der Waals surface area contributed by atoms with Gasteiger partial charge in [-0.05, 0) is 14.1 Å². The van der Waals surface area contributed by atoms with Gasteiger partial charge in [0.2, 0.25) is 0 Å². The number of hydrogen-bond donors (Lipinski definition) is 2. The fourth-order valence-corrected chi connectivity index (χ4v) is 0.751. The Kier molecular flexibility index (Phi) is 1.51. The van der Waals surface area contributed by atoms with E-state index in [2.05, 4.69) is 10.2 Å². The van der Waals surface area contributed by atoms with Gasteiger partial charge in [-0.3, -0.25) is 5.32 Å². The molecule has 2 atom stereocenters. The first-order valence-electron chi connectivity index (χ1n) is 2.86. The summed E-state index contributed by atoms with van der Waals surface area (Å²) < 4.78 is 0. The van der Waals surface area contributed by atoms with E-state index in [-0.39, 0.29) is 6.17 Å². The van der Waals surface area contributed by atoms with Gasteiger partial charge in [0, 0.05) is 12.6 Å². The van der Waals surface area contributed by atoms with Crippen LogP contribution in [0.25, 0.3) is 0 Å². The molecular weight excluding hydrogens is 102 g/mol. The number of nitrogens with one attached hydrogen (secondary N) is 1. The molecule has 3 nitrogen and oxygen atoms in total. The van der Waals surface area contributed by atoms with Crippen LogP contribution in [0.1, 0.15) is 0 Å². The van der Waals surface area contributed by atoms with Gasteiger partial charge in [0.1, 0.15) is 0 Å². The van der Waals surface area contributed by atoms with E-state index >= 15 is 0 Å². The van der Waals surface area contributed by atoms with Gasteiger partial charge in [0.15, 0.2) is 0 Å². The molecule has 0 aromatic rings. The van der Waals surface area contributed by atoms with Crippen molar-refractivity contribution in [3.8, 4) is 0 Å². The molecule has 2 unspecified atom stereocenters. The van der Waals surface area contributed by atoms with Crippen molar-refractivity contribution in [3.05, 3.63) is 0 Å². The Morgan fingerprint density at radius 1 is 1.62 bits per heavy atom. The molecule has 0 aromatic carbocycles. The summed E-state index contributed by atoms with van der Waals surface area (Å²) in [6.45, 7) is 1.06. The van der Waals surface area contributed by atoms with Crippen molar-refractivity contribution in [1.29, 1.82) is 0 Å². The number of rotatable bonds is 2. The van der Waals surface area contributed by atoms with Crippen LogP contribution in [0.15, 0.2) is 0 Å². The van der Waals surface area contributed by atoms with Crippen molar-refractivity contribution < 1.29 is 0 Å². The van der Waals surface area contributed by atoms with Crippen molar-refractivity contribution in [2.45, 2.75) is 12.2 Å². The molecular formula is C5H13N3. The maximum absolute atomic E-state index is 5.48. The second kappa shape index (κ2) is 2.01. The first-order chi connectivity index (χ1) is 3.70. The van der Waals surface area contributed by atoms with E-state index in [4.69, 9.17) is 5.73 Å². The Labute approximate surface area is 49.8 Å². The predicted octanol–water partition coefficient (Wildman–Crippen LogP) is -1.20. The molecule has 0 bridgehead atoms. The maximum atomic E-state index is 5.48. The Bertz CT molecular complexity index is 81.7. The van der Waals surface area contributed by atoms with E-state index in [0.717, 1.165) is 6.54 Å². The fraction of sp³-hybridized carbons (Fsp3) is 1.00. The number of nitrogens with zero attached hydrogens (tertiary/aromatic N) is 1. The predicted molar refractivity (Wildman–Crippen MR) is 33.5 cm³/mol. The average Bonchev–Trinajstić information content (AvgIpc) is 2.17. The molecule has 1 heterocycles. The van der Waals surface area contributed by atoms with Crippen LogP contribution >= 0.6 is 0 Å². The topological polar surface area (TPSA) is 51.2 Å². The van der Waals surface area contributed by atoms with E-state index in [1.165, 1.54) is 0 Å². The molecule has 0 spiro atoms. The van der Waals surface area contributed by atoms with Crippen molar-refractivity contribution >= 4 is 0 Å². The highest BCUT2D eigenvalue weighted by atomic mass is 15.3. The highest BCUT2D eigenvalue weighted by Crippen LogP contribution is 2.03. The summed E-state index contributed by atoms with van der Waals surface area (Å²) in [5, 5.41) is 3.10. The molecule has 3 heteroatoms. The summed E-state index contributed by atoms with van der Waals surface area (Å²) >= 11 is 0. The van der Waals surface area contributed by atoms with Gasteiger partial charge in [0.25, 0.3) is 0 Å². The zero-order valence-electron chi connectivity index (χ0n) is 5.39. The first kappa shape index (κ1) is 6.01. The molecule has 1 saturated heterocycles. The summed E-state index contributed by atoms with van der Waals surface area (Å²) in [5.74, 6) is 0.